The molecule has 4 heteroatoms. The van der Waals surface area contributed by atoms with Gasteiger partial charge in [-0.15, -0.1) is 0 Å². The quantitative estimate of drug-likeness (QED) is 0.759. The van der Waals surface area contributed by atoms with E-state index in [1.54, 1.807) is 20.5 Å². The minimum absolute atomic E-state index is 0.718. The zero-order valence-corrected chi connectivity index (χ0v) is 7.50. The molecule has 13 heavy (non-hydrogen) atoms. The summed E-state index contributed by atoms with van der Waals surface area (Å²) >= 11 is 0. The van der Waals surface area contributed by atoms with Gasteiger partial charge in [-0.3, -0.25) is 0 Å². The van der Waals surface area contributed by atoms with Crippen molar-refractivity contribution in [1.29, 1.82) is 0 Å². The van der Waals surface area contributed by atoms with Gasteiger partial charge in [0.05, 0.1) is 26.1 Å². The number of ether oxygens (including phenoxy) is 2. The fourth-order valence-corrected chi connectivity index (χ4v) is 1.27. The van der Waals surface area contributed by atoms with Crippen molar-refractivity contribution in [2.75, 3.05) is 14.2 Å². The number of nitrogens with zero attached hydrogens (tertiary/aromatic N) is 1. The molecule has 2 aromatic rings. The molecule has 0 radical (unpaired) electrons. The van der Waals surface area contributed by atoms with E-state index in [1.165, 1.54) is 0 Å². The molecular formula is C9H10N2O2. The van der Waals surface area contributed by atoms with Crippen LogP contribution in [0.4, 0.5) is 0 Å². The van der Waals surface area contributed by atoms with Crippen LogP contribution in [0.1, 0.15) is 0 Å². The average Bonchev–Trinajstić information content (AvgIpc) is 2.63. The zero-order valence-electron chi connectivity index (χ0n) is 7.50. The summed E-state index contributed by atoms with van der Waals surface area (Å²) in [6.07, 6.45) is 1.63. The summed E-state index contributed by atoms with van der Waals surface area (Å²) in [5.74, 6) is 1.48. The first-order valence-electron chi connectivity index (χ1n) is 3.90. The van der Waals surface area contributed by atoms with E-state index in [9.17, 15) is 0 Å². The molecule has 0 unspecified atom stereocenters. The minimum Gasteiger partial charge on any atom is -0.497 e. The maximum Gasteiger partial charge on any atom is 0.150 e. The number of H-pyrrole nitrogens is 1. The van der Waals surface area contributed by atoms with Gasteiger partial charge in [0, 0.05) is 12.1 Å². The molecule has 0 saturated carbocycles. The highest BCUT2D eigenvalue weighted by atomic mass is 16.5. The monoisotopic (exact) mass is 178 g/mol. The summed E-state index contributed by atoms with van der Waals surface area (Å²) < 4.78 is 10.3. The zero-order chi connectivity index (χ0) is 9.26. The predicted octanol–water partition coefficient (Wildman–Crippen LogP) is 1.58. The van der Waals surface area contributed by atoms with Crippen LogP contribution in [0.15, 0.2) is 18.5 Å². The molecule has 0 spiro atoms. The summed E-state index contributed by atoms with van der Waals surface area (Å²) in [6, 6.07) is 3.69. The van der Waals surface area contributed by atoms with Crippen molar-refractivity contribution in [3.05, 3.63) is 18.5 Å². The first-order valence-corrected chi connectivity index (χ1v) is 3.90. The highest BCUT2D eigenvalue weighted by molar-refractivity contribution is 5.83. The molecule has 0 saturated heterocycles. The van der Waals surface area contributed by atoms with Gasteiger partial charge < -0.3 is 14.5 Å². The largest absolute Gasteiger partial charge is 0.497 e. The number of aromatic nitrogens is 2. The first-order chi connectivity index (χ1) is 6.35. The predicted molar refractivity (Wildman–Crippen MR) is 49.2 cm³/mol. The minimum atomic E-state index is 0.718. The molecule has 0 fully saturated rings. The molecule has 0 aliphatic rings. The average molecular weight is 178 g/mol. The van der Waals surface area contributed by atoms with Gasteiger partial charge in [0.2, 0.25) is 0 Å². The van der Waals surface area contributed by atoms with E-state index < -0.39 is 0 Å². The molecule has 0 atom stereocenters. The van der Waals surface area contributed by atoms with Gasteiger partial charge in [-0.05, 0) is 0 Å². The lowest BCUT2D eigenvalue weighted by Crippen LogP contribution is -1.88. The third-order valence-electron chi connectivity index (χ3n) is 1.92. The topological polar surface area (TPSA) is 47.1 Å². The number of rotatable bonds is 2. The van der Waals surface area contributed by atoms with Crippen molar-refractivity contribution < 1.29 is 9.47 Å². The molecule has 0 aliphatic heterocycles. The Morgan fingerprint density at radius 1 is 1.23 bits per heavy atom. The van der Waals surface area contributed by atoms with Crippen LogP contribution < -0.4 is 9.47 Å². The second-order valence-electron chi connectivity index (χ2n) is 2.63. The van der Waals surface area contributed by atoms with E-state index in [4.69, 9.17) is 9.47 Å². The second kappa shape index (κ2) is 2.97. The van der Waals surface area contributed by atoms with Crippen molar-refractivity contribution >= 4 is 11.0 Å². The Morgan fingerprint density at radius 2 is 2.08 bits per heavy atom. The van der Waals surface area contributed by atoms with Crippen molar-refractivity contribution in [3.63, 3.8) is 0 Å². The Morgan fingerprint density at radius 3 is 2.77 bits per heavy atom. The molecule has 1 N–H and O–H groups in total. The Labute approximate surface area is 75.5 Å². The van der Waals surface area contributed by atoms with Gasteiger partial charge in [0.1, 0.15) is 17.0 Å². The van der Waals surface area contributed by atoms with E-state index in [1.807, 2.05) is 12.1 Å². The molecule has 0 aliphatic carbocycles. The van der Waals surface area contributed by atoms with Gasteiger partial charge in [-0.25, -0.2) is 4.98 Å². The Balaban J connectivity index is 2.70. The fourth-order valence-electron chi connectivity index (χ4n) is 1.27. The van der Waals surface area contributed by atoms with E-state index in [-0.39, 0.29) is 0 Å². The molecular weight excluding hydrogens is 168 g/mol. The van der Waals surface area contributed by atoms with Gasteiger partial charge >= 0.3 is 0 Å². The Hall–Kier alpha value is -1.71. The van der Waals surface area contributed by atoms with Crippen LogP contribution >= 0.6 is 0 Å². The number of nitrogens with one attached hydrogen (secondary N) is 1. The lowest BCUT2D eigenvalue weighted by atomic mass is 10.3. The van der Waals surface area contributed by atoms with Gasteiger partial charge in [-0.1, -0.05) is 0 Å². The van der Waals surface area contributed by atoms with Gasteiger partial charge in [0.15, 0.2) is 0 Å². The van der Waals surface area contributed by atoms with E-state index in [0.29, 0.717) is 0 Å². The third kappa shape index (κ3) is 1.20. The van der Waals surface area contributed by atoms with Crippen LogP contribution in [0.2, 0.25) is 0 Å². The Bertz CT molecular complexity index is 422. The molecule has 1 aromatic carbocycles. The molecule has 68 valence electrons. The van der Waals surface area contributed by atoms with Crippen LogP contribution in [0.25, 0.3) is 11.0 Å². The maximum atomic E-state index is 5.17. The molecule has 1 heterocycles. The molecule has 1 aromatic heterocycles. The van der Waals surface area contributed by atoms with Crippen molar-refractivity contribution in [3.8, 4) is 11.5 Å². The summed E-state index contributed by atoms with van der Waals surface area (Å²) in [7, 11) is 3.24. The van der Waals surface area contributed by atoms with Crippen LogP contribution in [-0.2, 0) is 0 Å². The van der Waals surface area contributed by atoms with Crippen molar-refractivity contribution in [1.82, 2.24) is 9.97 Å². The summed E-state index contributed by atoms with van der Waals surface area (Å²) in [6.45, 7) is 0. The molecule has 0 bridgehead atoms. The number of methoxy groups -OCH3 is 2. The molecule has 0 amide bonds. The SMILES string of the molecule is COc1cc(OC)c2nc[nH]c2c1. The lowest BCUT2D eigenvalue weighted by molar-refractivity contribution is 0.397. The van der Waals surface area contributed by atoms with Crippen LogP contribution in [0.3, 0.4) is 0 Å². The fraction of sp³-hybridized carbons (Fsp3) is 0.222. The van der Waals surface area contributed by atoms with Crippen LogP contribution in [-0.4, -0.2) is 24.2 Å². The lowest BCUT2D eigenvalue weighted by Gasteiger charge is -2.03. The van der Waals surface area contributed by atoms with E-state index in [0.717, 1.165) is 22.5 Å². The van der Waals surface area contributed by atoms with Gasteiger partial charge in [0.25, 0.3) is 0 Å². The van der Waals surface area contributed by atoms with Crippen molar-refractivity contribution in [2.24, 2.45) is 0 Å². The van der Waals surface area contributed by atoms with Crippen molar-refractivity contribution in [2.45, 2.75) is 0 Å². The third-order valence-corrected chi connectivity index (χ3v) is 1.92. The summed E-state index contributed by atoms with van der Waals surface area (Å²) in [4.78, 5) is 7.13. The molecule has 2 rings (SSSR count). The Kier molecular flexibility index (Phi) is 1.81. The maximum absolute atomic E-state index is 5.17. The summed E-state index contributed by atoms with van der Waals surface area (Å²) in [5, 5.41) is 0. The number of aromatic amines is 1. The molecule has 4 nitrogen and oxygen atoms in total. The number of hydrogen-bond acceptors (Lipinski definition) is 3. The van der Waals surface area contributed by atoms with Crippen LogP contribution in [0, 0.1) is 0 Å². The number of hydrogen-bond donors (Lipinski definition) is 1. The highest BCUT2D eigenvalue weighted by Crippen LogP contribution is 2.28. The first kappa shape index (κ1) is 7.91. The number of benzene rings is 1. The van der Waals surface area contributed by atoms with E-state index >= 15 is 0 Å². The second-order valence-corrected chi connectivity index (χ2v) is 2.63. The summed E-state index contributed by atoms with van der Waals surface area (Å²) in [5.41, 5.74) is 1.74. The smallest absolute Gasteiger partial charge is 0.150 e. The number of imidazole rings is 1. The number of fused-ring (bicyclic) bond motifs is 1. The van der Waals surface area contributed by atoms with Gasteiger partial charge in [-0.2, -0.15) is 0 Å². The van der Waals surface area contributed by atoms with Crippen LogP contribution in [0.5, 0.6) is 11.5 Å². The normalized spacial score (nSPS) is 10.3. The highest BCUT2D eigenvalue weighted by Gasteiger charge is 2.06. The van der Waals surface area contributed by atoms with E-state index in [2.05, 4.69) is 9.97 Å². The standard InChI is InChI=1S/C9H10N2O2/c1-12-6-3-7-9(11-5-10-7)8(4-6)13-2/h3-5H,1-2H3,(H,10,11).